The van der Waals surface area contributed by atoms with Gasteiger partial charge in [0.2, 0.25) is 0 Å². The minimum Gasteiger partial charge on any atom is -0.301 e. The molecule has 0 aromatic carbocycles. The van der Waals surface area contributed by atoms with Crippen molar-refractivity contribution in [2.24, 2.45) is 11.8 Å². The molecule has 114 valence electrons. The fraction of sp³-hybridized carbons (Fsp3) is 0.625. The Morgan fingerprint density at radius 2 is 2.29 bits per heavy atom. The quantitative estimate of drug-likeness (QED) is 0.676. The maximum absolute atomic E-state index is 12.4. The Bertz CT molecular complexity index is 702. The summed E-state index contributed by atoms with van der Waals surface area (Å²) in [6.45, 7) is 6.72. The van der Waals surface area contributed by atoms with Crippen LogP contribution in [0.4, 0.5) is 0 Å². The molecule has 0 fully saturated rings. The summed E-state index contributed by atoms with van der Waals surface area (Å²) >= 11 is 3.39. The van der Waals surface area contributed by atoms with Crippen molar-refractivity contribution in [1.29, 1.82) is 0 Å². The molecule has 2 heterocycles. The Hall–Kier alpha value is -0.810. The molecule has 0 aliphatic heterocycles. The van der Waals surface area contributed by atoms with E-state index in [-0.39, 0.29) is 5.56 Å². The zero-order valence-electron chi connectivity index (χ0n) is 12.9. The number of fused-ring (bicyclic) bond motifs is 3. The maximum Gasteiger partial charge on any atom is 0.260 e. The highest BCUT2D eigenvalue weighted by Gasteiger charge is 2.22. The van der Waals surface area contributed by atoms with E-state index in [1.54, 1.807) is 23.1 Å². The number of rotatable bonds is 4. The van der Waals surface area contributed by atoms with E-state index < -0.39 is 0 Å². The highest BCUT2D eigenvalue weighted by molar-refractivity contribution is 7.99. The van der Waals surface area contributed by atoms with Crippen molar-refractivity contribution in [3.05, 3.63) is 20.8 Å². The van der Waals surface area contributed by atoms with Crippen LogP contribution in [0.3, 0.4) is 0 Å². The van der Waals surface area contributed by atoms with Crippen molar-refractivity contribution in [3.8, 4) is 0 Å². The number of thiophene rings is 1. The normalized spacial score (nSPS) is 18.4. The molecule has 0 amide bonds. The van der Waals surface area contributed by atoms with Crippen molar-refractivity contribution in [1.82, 2.24) is 9.97 Å². The van der Waals surface area contributed by atoms with Gasteiger partial charge >= 0.3 is 0 Å². The van der Waals surface area contributed by atoms with Crippen LogP contribution < -0.4 is 5.56 Å². The van der Waals surface area contributed by atoms with Crippen LogP contribution in [0.1, 0.15) is 44.1 Å². The number of H-pyrrole nitrogens is 1. The number of aryl methyl sites for hydroxylation is 1. The van der Waals surface area contributed by atoms with E-state index in [0.29, 0.717) is 5.92 Å². The molecule has 3 nitrogen and oxygen atoms in total. The van der Waals surface area contributed by atoms with Crippen molar-refractivity contribution in [2.45, 2.75) is 51.6 Å². The minimum atomic E-state index is 0.0547. The Balaban J connectivity index is 1.92. The van der Waals surface area contributed by atoms with Gasteiger partial charge in [0.05, 0.1) is 5.39 Å². The van der Waals surface area contributed by atoms with Gasteiger partial charge in [-0.05, 0) is 43.1 Å². The summed E-state index contributed by atoms with van der Waals surface area (Å²) in [5.41, 5.74) is 1.32. The van der Waals surface area contributed by atoms with Gasteiger partial charge in [-0.15, -0.1) is 11.3 Å². The number of hydrogen-bond acceptors (Lipinski definition) is 4. The molecular formula is C16H22N2OS2. The molecule has 5 heteroatoms. The molecule has 0 saturated heterocycles. The summed E-state index contributed by atoms with van der Waals surface area (Å²) in [5.74, 6) is 2.42. The van der Waals surface area contributed by atoms with E-state index in [0.717, 1.165) is 46.3 Å². The van der Waals surface area contributed by atoms with E-state index in [4.69, 9.17) is 0 Å². The molecule has 2 aromatic rings. The zero-order valence-corrected chi connectivity index (χ0v) is 14.5. The van der Waals surface area contributed by atoms with Gasteiger partial charge in [-0.2, -0.15) is 0 Å². The number of aromatic amines is 1. The van der Waals surface area contributed by atoms with Gasteiger partial charge in [-0.3, -0.25) is 4.79 Å². The molecule has 0 bridgehead atoms. The molecular weight excluding hydrogens is 300 g/mol. The Morgan fingerprint density at radius 3 is 3.05 bits per heavy atom. The minimum absolute atomic E-state index is 0.0547. The second kappa shape index (κ2) is 6.13. The predicted molar refractivity (Wildman–Crippen MR) is 91.6 cm³/mol. The van der Waals surface area contributed by atoms with Gasteiger partial charge in [-0.25, -0.2) is 4.98 Å². The summed E-state index contributed by atoms with van der Waals surface area (Å²) in [6.07, 6.45) is 4.46. The molecule has 21 heavy (non-hydrogen) atoms. The largest absolute Gasteiger partial charge is 0.301 e. The number of aromatic nitrogens is 2. The summed E-state index contributed by atoms with van der Waals surface area (Å²) < 4.78 is 0. The molecule has 0 saturated carbocycles. The van der Waals surface area contributed by atoms with Gasteiger partial charge in [0.25, 0.3) is 5.56 Å². The first-order valence-corrected chi connectivity index (χ1v) is 9.52. The van der Waals surface area contributed by atoms with Crippen LogP contribution >= 0.6 is 23.1 Å². The van der Waals surface area contributed by atoms with Gasteiger partial charge in [0.1, 0.15) is 4.83 Å². The van der Waals surface area contributed by atoms with Crippen LogP contribution in [0.25, 0.3) is 10.2 Å². The van der Waals surface area contributed by atoms with Crippen LogP contribution in [-0.2, 0) is 12.8 Å². The Kier molecular flexibility index (Phi) is 4.41. The predicted octanol–water partition coefficient (Wildman–Crippen LogP) is 4.25. The Labute approximate surface area is 133 Å². The number of hydrogen-bond donors (Lipinski definition) is 1. The maximum atomic E-state index is 12.4. The molecule has 1 unspecified atom stereocenters. The first kappa shape index (κ1) is 15.1. The van der Waals surface area contributed by atoms with Crippen molar-refractivity contribution < 1.29 is 0 Å². The summed E-state index contributed by atoms with van der Waals surface area (Å²) in [5, 5.41) is 1.63. The SMILES string of the molecule is CC(C)CCSc1nc2sc3c(c2c(=O)[nH]1)CCC(C)C3. The molecule has 1 aliphatic carbocycles. The first-order valence-electron chi connectivity index (χ1n) is 7.72. The van der Waals surface area contributed by atoms with Crippen LogP contribution in [0.15, 0.2) is 9.95 Å². The number of nitrogens with one attached hydrogen (secondary N) is 1. The number of thioether (sulfide) groups is 1. The topological polar surface area (TPSA) is 45.8 Å². The lowest BCUT2D eigenvalue weighted by molar-refractivity contribution is 0.509. The van der Waals surface area contributed by atoms with Gasteiger partial charge in [0, 0.05) is 10.6 Å². The molecule has 1 atom stereocenters. The summed E-state index contributed by atoms with van der Waals surface area (Å²) in [4.78, 5) is 22.4. The lowest BCUT2D eigenvalue weighted by Gasteiger charge is -2.17. The fourth-order valence-electron chi connectivity index (χ4n) is 2.79. The van der Waals surface area contributed by atoms with Gasteiger partial charge in [0.15, 0.2) is 5.16 Å². The monoisotopic (exact) mass is 322 g/mol. The van der Waals surface area contributed by atoms with E-state index in [9.17, 15) is 4.79 Å². The molecule has 0 radical (unpaired) electrons. The average molecular weight is 322 g/mol. The molecule has 1 N–H and O–H groups in total. The van der Waals surface area contributed by atoms with Crippen LogP contribution in [-0.4, -0.2) is 15.7 Å². The van der Waals surface area contributed by atoms with E-state index >= 15 is 0 Å². The van der Waals surface area contributed by atoms with Crippen molar-refractivity contribution in [3.63, 3.8) is 0 Å². The van der Waals surface area contributed by atoms with Crippen molar-refractivity contribution in [2.75, 3.05) is 5.75 Å². The fourth-order valence-corrected chi connectivity index (χ4v) is 5.33. The van der Waals surface area contributed by atoms with E-state index in [1.807, 2.05) is 0 Å². The molecule has 0 spiro atoms. The lowest BCUT2D eigenvalue weighted by atomic mass is 9.89. The Morgan fingerprint density at radius 1 is 1.48 bits per heavy atom. The molecule has 3 rings (SSSR count). The van der Waals surface area contributed by atoms with Crippen LogP contribution in [0.2, 0.25) is 0 Å². The standard InChI is InChI=1S/C16H22N2OS2/c1-9(2)6-7-20-16-17-14(19)13-11-5-4-10(3)8-12(11)21-15(13)18-16/h9-10H,4-8H2,1-3H3,(H,17,18,19). The van der Waals surface area contributed by atoms with E-state index in [2.05, 4.69) is 30.7 Å². The lowest BCUT2D eigenvalue weighted by Crippen LogP contribution is -2.13. The van der Waals surface area contributed by atoms with Crippen molar-refractivity contribution >= 4 is 33.3 Å². The summed E-state index contributed by atoms with van der Waals surface area (Å²) in [6, 6.07) is 0. The highest BCUT2D eigenvalue weighted by Crippen LogP contribution is 2.36. The second-order valence-electron chi connectivity index (χ2n) is 6.43. The highest BCUT2D eigenvalue weighted by atomic mass is 32.2. The zero-order chi connectivity index (χ0) is 15.0. The first-order chi connectivity index (χ1) is 10.0. The van der Waals surface area contributed by atoms with Crippen LogP contribution in [0, 0.1) is 11.8 Å². The third-order valence-corrected chi connectivity index (χ3v) is 6.13. The summed E-state index contributed by atoms with van der Waals surface area (Å²) in [7, 11) is 0. The molecule has 1 aliphatic rings. The number of nitrogens with zero attached hydrogens (tertiary/aromatic N) is 1. The third kappa shape index (κ3) is 3.19. The van der Waals surface area contributed by atoms with Gasteiger partial charge < -0.3 is 4.98 Å². The average Bonchev–Trinajstić information content (AvgIpc) is 2.75. The molecule has 2 aromatic heterocycles. The second-order valence-corrected chi connectivity index (χ2v) is 8.60. The van der Waals surface area contributed by atoms with Crippen LogP contribution in [0.5, 0.6) is 0 Å². The third-order valence-electron chi connectivity index (χ3n) is 4.08. The van der Waals surface area contributed by atoms with Gasteiger partial charge in [-0.1, -0.05) is 32.5 Å². The van der Waals surface area contributed by atoms with E-state index in [1.165, 1.54) is 16.9 Å². The smallest absolute Gasteiger partial charge is 0.260 e.